The molecule has 0 spiro atoms. The summed E-state index contributed by atoms with van der Waals surface area (Å²) in [6, 6.07) is 3.91. The van der Waals surface area contributed by atoms with E-state index < -0.39 is 0 Å². The zero-order chi connectivity index (χ0) is 12.5. The second-order valence-corrected chi connectivity index (χ2v) is 5.63. The van der Waals surface area contributed by atoms with Crippen molar-refractivity contribution >= 4 is 27.8 Å². The number of nitrogens with two attached hydrogens (primary N) is 1. The first-order valence-corrected chi connectivity index (χ1v) is 7.03. The van der Waals surface area contributed by atoms with Crippen LogP contribution in [-0.2, 0) is 0 Å². The Labute approximate surface area is 112 Å². The molecule has 3 rings (SSSR count). The maximum Gasteiger partial charge on any atom is 0.180 e. The van der Waals surface area contributed by atoms with Crippen LogP contribution in [0.4, 0.5) is 5.13 Å². The number of hydrogen-bond acceptors (Lipinski definition) is 6. The zero-order valence-corrected chi connectivity index (χ0v) is 11.3. The lowest BCUT2D eigenvalue weighted by Crippen LogP contribution is -1.81. The van der Waals surface area contributed by atoms with E-state index in [1.54, 1.807) is 17.5 Å². The van der Waals surface area contributed by atoms with Gasteiger partial charge in [-0.15, -0.1) is 11.3 Å². The van der Waals surface area contributed by atoms with Crippen molar-refractivity contribution in [3.05, 3.63) is 35.6 Å². The van der Waals surface area contributed by atoms with Crippen LogP contribution in [0, 0.1) is 6.92 Å². The third-order valence-electron chi connectivity index (χ3n) is 2.46. The summed E-state index contributed by atoms with van der Waals surface area (Å²) in [6.45, 7) is 1.95. The summed E-state index contributed by atoms with van der Waals surface area (Å²) in [5.41, 5.74) is 8.61. The molecule has 3 aromatic rings. The quantitative estimate of drug-likeness (QED) is 0.779. The molecule has 0 radical (unpaired) electrons. The zero-order valence-electron chi connectivity index (χ0n) is 9.62. The molecule has 0 fully saturated rings. The van der Waals surface area contributed by atoms with E-state index in [0.29, 0.717) is 5.13 Å². The number of rotatable bonds is 2. The van der Waals surface area contributed by atoms with Crippen molar-refractivity contribution in [2.75, 3.05) is 5.73 Å². The van der Waals surface area contributed by atoms with Crippen molar-refractivity contribution < 1.29 is 0 Å². The predicted octanol–water partition coefficient (Wildman–Crippen LogP) is 3.22. The number of thiazole rings is 2. The van der Waals surface area contributed by atoms with Gasteiger partial charge in [0, 0.05) is 23.3 Å². The fraction of sp³-hybridized carbons (Fsp3) is 0.0833. The van der Waals surface area contributed by atoms with Crippen LogP contribution in [0.5, 0.6) is 0 Å². The molecule has 0 saturated carbocycles. The average Bonchev–Trinajstić information content (AvgIpc) is 2.97. The van der Waals surface area contributed by atoms with Crippen LogP contribution in [0.1, 0.15) is 5.69 Å². The molecule has 0 atom stereocenters. The molecular weight excluding hydrogens is 264 g/mol. The van der Waals surface area contributed by atoms with Crippen molar-refractivity contribution in [3.8, 4) is 21.1 Å². The molecule has 6 heteroatoms. The average molecular weight is 274 g/mol. The first-order valence-electron chi connectivity index (χ1n) is 5.33. The first-order chi connectivity index (χ1) is 8.74. The number of aryl methyl sites for hydroxylation is 1. The summed E-state index contributed by atoms with van der Waals surface area (Å²) in [5, 5.41) is 3.57. The van der Waals surface area contributed by atoms with Crippen molar-refractivity contribution in [3.63, 3.8) is 0 Å². The first kappa shape index (κ1) is 11.3. The molecule has 0 amide bonds. The molecule has 0 aliphatic heterocycles. The van der Waals surface area contributed by atoms with Crippen LogP contribution in [-0.4, -0.2) is 15.0 Å². The van der Waals surface area contributed by atoms with Crippen LogP contribution in [0.3, 0.4) is 0 Å². The Morgan fingerprint density at radius 2 is 2.17 bits per heavy atom. The van der Waals surface area contributed by atoms with Gasteiger partial charge < -0.3 is 5.73 Å². The van der Waals surface area contributed by atoms with Gasteiger partial charge in [-0.3, -0.25) is 4.98 Å². The Bertz CT molecular complexity index is 672. The Morgan fingerprint density at radius 3 is 2.83 bits per heavy atom. The molecule has 3 heterocycles. The summed E-state index contributed by atoms with van der Waals surface area (Å²) in [6.07, 6.45) is 3.57. The Kier molecular flexibility index (Phi) is 2.81. The minimum absolute atomic E-state index is 0.582. The smallest absolute Gasteiger partial charge is 0.180 e. The minimum Gasteiger partial charge on any atom is -0.375 e. The van der Waals surface area contributed by atoms with E-state index in [1.807, 2.05) is 30.6 Å². The molecule has 0 unspecified atom stereocenters. The fourth-order valence-electron chi connectivity index (χ4n) is 1.65. The van der Waals surface area contributed by atoms with Crippen LogP contribution >= 0.6 is 22.7 Å². The van der Waals surface area contributed by atoms with Gasteiger partial charge in [-0.2, -0.15) is 0 Å². The van der Waals surface area contributed by atoms with E-state index in [4.69, 9.17) is 5.73 Å². The van der Waals surface area contributed by atoms with E-state index in [9.17, 15) is 0 Å². The Hall–Kier alpha value is -1.79. The lowest BCUT2D eigenvalue weighted by molar-refractivity contribution is 1.26. The molecule has 2 N–H and O–H groups in total. The van der Waals surface area contributed by atoms with Gasteiger partial charge in [0.2, 0.25) is 0 Å². The second kappa shape index (κ2) is 4.47. The van der Waals surface area contributed by atoms with Gasteiger partial charge in [0.05, 0.1) is 16.3 Å². The van der Waals surface area contributed by atoms with Gasteiger partial charge in [0.15, 0.2) is 5.13 Å². The van der Waals surface area contributed by atoms with E-state index >= 15 is 0 Å². The van der Waals surface area contributed by atoms with Gasteiger partial charge in [-0.1, -0.05) is 11.3 Å². The van der Waals surface area contributed by atoms with Crippen molar-refractivity contribution in [2.45, 2.75) is 6.92 Å². The molecule has 4 nitrogen and oxygen atoms in total. The molecular formula is C12H10N4S2. The normalized spacial score (nSPS) is 10.7. The molecule has 0 aliphatic rings. The molecule has 0 saturated heterocycles. The fourth-order valence-corrected chi connectivity index (χ4v) is 3.33. The number of pyridine rings is 1. The van der Waals surface area contributed by atoms with Gasteiger partial charge >= 0.3 is 0 Å². The highest BCUT2D eigenvalue weighted by molar-refractivity contribution is 7.19. The second-order valence-electron chi connectivity index (χ2n) is 3.75. The Morgan fingerprint density at radius 1 is 1.28 bits per heavy atom. The third-order valence-corrected chi connectivity index (χ3v) is 4.36. The minimum atomic E-state index is 0.582. The summed E-state index contributed by atoms with van der Waals surface area (Å²) < 4.78 is 0. The topological polar surface area (TPSA) is 64.7 Å². The van der Waals surface area contributed by atoms with Gasteiger partial charge in [-0.05, 0) is 19.1 Å². The lowest BCUT2D eigenvalue weighted by Gasteiger charge is -1.93. The van der Waals surface area contributed by atoms with Crippen LogP contribution < -0.4 is 5.73 Å². The summed E-state index contributed by atoms with van der Waals surface area (Å²) in [7, 11) is 0. The maximum atomic E-state index is 5.71. The largest absolute Gasteiger partial charge is 0.375 e. The van der Waals surface area contributed by atoms with E-state index in [2.05, 4.69) is 15.0 Å². The standard InChI is InChI=1S/C12H10N4S2/c1-7-10(18-12(13)15-7)9-6-17-11(16-9)8-3-2-4-14-5-8/h2-6H,1H3,(H2,13,15). The van der Waals surface area contributed by atoms with E-state index in [0.717, 1.165) is 26.8 Å². The van der Waals surface area contributed by atoms with Crippen molar-refractivity contribution in [1.82, 2.24) is 15.0 Å². The van der Waals surface area contributed by atoms with E-state index in [-0.39, 0.29) is 0 Å². The maximum absolute atomic E-state index is 5.71. The number of hydrogen-bond donors (Lipinski definition) is 1. The Balaban J connectivity index is 2.02. The highest BCUT2D eigenvalue weighted by Gasteiger charge is 2.12. The summed E-state index contributed by atoms with van der Waals surface area (Å²) in [5.74, 6) is 0. The van der Waals surface area contributed by atoms with Crippen molar-refractivity contribution in [2.24, 2.45) is 0 Å². The van der Waals surface area contributed by atoms with E-state index in [1.165, 1.54) is 11.3 Å². The predicted molar refractivity (Wildman–Crippen MR) is 75.6 cm³/mol. The number of aromatic nitrogens is 3. The third kappa shape index (κ3) is 2.00. The molecule has 90 valence electrons. The molecule has 0 bridgehead atoms. The van der Waals surface area contributed by atoms with Crippen LogP contribution in [0.25, 0.3) is 21.1 Å². The molecule has 0 aromatic carbocycles. The highest BCUT2D eigenvalue weighted by Crippen LogP contribution is 2.34. The van der Waals surface area contributed by atoms with Crippen LogP contribution in [0.15, 0.2) is 29.9 Å². The molecule has 0 aliphatic carbocycles. The number of nitrogens with zero attached hydrogens (tertiary/aromatic N) is 3. The van der Waals surface area contributed by atoms with Gasteiger partial charge in [-0.25, -0.2) is 9.97 Å². The molecule has 18 heavy (non-hydrogen) atoms. The van der Waals surface area contributed by atoms with Gasteiger partial charge in [0.25, 0.3) is 0 Å². The van der Waals surface area contributed by atoms with Crippen LogP contribution in [0.2, 0.25) is 0 Å². The molecule has 3 aromatic heterocycles. The monoisotopic (exact) mass is 274 g/mol. The van der Waals surface area contributed by atoms with Crippen molar-refractivity contribution in [1.29, 1.82) is 0 Å². The number of anilines is 1. The highest BCUT2D eigenvalue weighted by atomic mass is 32.1. The summed E-state index contributed by atoms with van der Waals surface area (Å²) >= 11 is 3.07. The lowest BCUT2D eigenvalue weighted by atomic mass is 10.3. The van der Waals surface area contributed by atoms with Gasteiger partial charge in [0.1, 0.15) is 5.01 Å². The number of nitrogen functional groups attached to an aromatic ring is 1. The SMILES string of the molecule is Cc1nc(N)sc1-c1csc(-c2cccnc2)n1. The summed E-state index contributed by atoms with van der Waals surface area (Å²) in [4.78, 5) is 14.0.